The van der Waals surface area contributed by atoms with Crippen LogP contribution in [0.1, 0.15) is 146 Å². The zero-order valence-corrected chi connectivity index (χ0v) is 50.1. The second kappa shape index (κ2) is 26.1. The summed E-state index contributed by atoms with van der Waals surface area (Å²) in [6.45, 7) is 12.3. The van der Waals surface area contributed by atoms with E-state index in [4.69, 9.17) is 28.9 Å². The van der Waals surface area contributed by atoms with Gasteiger partial charge in [0, 0.05) is 29.8 Å². The summed E-state index contributed by atoms with van der Waals surface area (Å²) < 4.78 is 24.3. The number of rotatable bonds is 4. The van der Waals surface area contributed by atoms with Gasteiger partial charge in [-0.25, -0.2) is 10.9 Å². The molecule has 10 bridgehead atoms. The van der Waals surface area contributed by atoms with Crippen LogP contribution in [-0.2, 0) is 63.7 Å². The van der Waals surface area contributed by atoms with Gasteiger partial charge in [-0.3, -0.25) is 58.3 Å². The molecule has 2 spiro atoms. The summed E-state index contributed by atoms with van der Waals surface area (Å²) >= 11 is 0. The van der Waals surface area contributed by atoms with E-state index in [1.54, 1.807) is 39.8 Å². The van der Waals surface area contributed by atoms with Crippen molar-refractivity contribution in [3.63, 3.8) is 0 Å². The van der Waals surface area contributed by atoms with Gasteiger partial charge in [-0.05, 0) is 120 Å². The lowest BCUT2D eigenvalue weighted by Gasteiger charge is -2.36. The van der Waals surface area contributed by atoms with E-state index in [-0.39, 0.29) is 44.8 Å². The van der Waals surface area contributed by atoms with Gasteiger partial charge in [0.15, 0.2) is 12.2 Å². The van der Waals surface area contributed by atoms with E-state index >= 15 is 9.59 Å². The van der Waals surface area contributed by atoms with Gasteiger partial charge < -0.3 is 40.2 Å². The van der Waals surface area contributed by atoms with Crippen LogP contribution in [-0.4, -0.2) is 137 Å². The van der Waals surface area contributed by atoms with Crippen LogP contribution in [0.3, 0.4) is 0 Å². The molecule has 86 heavy (non-hydrogen) atoms. The van der Waals surface area contributed by atoms with Crippen LogP contribution >= 0.6 is 0 Å². The molecule has 6 aliphatic rings. The van der Waals surface area contributed by atoms with Crippen molar-refractivity contribution < 1.29 is 57.3 Å². The summed E-state index contributed by atoms with van der Waals surface area (Å²) in [5.41, 5.74) is 7.91. The molecule has 6 amide bonds. The quantitative estimate of drug-likeness (QED) is 0.138. The predicted molar refractivity (Wildman–Crippen MR) is 318 cm³/mol. The summed E-state index contributed by atoms with van der Waals surface area (Å²) in [5, 5.41) is 16.0. The molecular weight excluding hydrogens is 1100 g/mol. The topological polar surface area (TPSA) is 278 Å². The van der Waals surface area contributed by atoms with Crippen molar-refractivity contribution in [2.24, 2.45) is 22.7 Å². The first-order chi connectivity index (χ1) is 41.2. The number of fused-ring (bicyclic) bond motifs is 8. The monoisotopic (exact) mass is 1180 g/mol. The Bertz CT molecular complexity index is 3340. The van der Waals surface area contributed by atoms with Crippen LogP contribution in [0, 0.1) is 22.7 Å². The minimum Gasteiger partial charge on any atom is -0.451 e. The molecule has 10 rings (SSSR count). The maximum absolute atomic E-state index is 15.1. The average Bonchev–Trinajstić information content (AvgIpc) is 1.90. The van der Waals surface area contributed by atoms with Gasteiger partial charge in [0.2, 0.25) is 11.8 Å². The zero-order chi connectivity index (χ0) is 61.0. The molecule has 4 fully saturated rings. The summed E-state index contributed by atoms with van der Waals surface area (Å²) in [6, 6.07) is 12.2. The number of nitrogens with one attached hydrogen (secondary N) is 6. The Morgan fingerprint density at radius 3 is 1.69 bits per heavy atom. The third-order valence-electron chi connectivity index (χ3n) is 17.6. The number of nitrogens with zero attached hydrogens (tertiary/aromatic N) is 4. The number of esters is 2. The first kappa shape index (κ1) is 61.4. The van der Waals surface area contributed by atoms with Crippen molar-refractivity contribution in [2.75, 3.05) is 33.1 Å². The number of hydrogen-bond acceptors (Lipinski definition) is 16. The van der Waals surface area contributed by atoms with Crippen LogP contribution in [0.4, 0.5) is 0 Å². The van der Waals surface area contributed by atoms with Gasteiger partial charge >= 0.3 is 11.9 Å². The van der Waals surface area contributed by atoms with Gasteiger partial charge in [0.25, 0.3) is 23.6 Å². The molecule has 7 heterocycles. The van der Waals surface area contributed by atoms with Crippen molar-refractivity contribution in [1.29, 1.82) is 0 Å². The minimum atomic E-state index is -1.52. The van der Waals surface area contributed by atoms with Gasteiger partial charge in [-0.1, -0.05) is 94.7 Å². The van der Waals surface area contributed by atoms with Gasteiger partial charge in [0.05, 0.1) is 53.1 Å². The number of carbonyl (C=O) groups excluding carboxylic acids is 8. The molecule has 458 valence electrons. The Morgan fingerprint density at radius 2 is 1.07 bits per heavy atom. The molecule has 6 N–H and O–H groups in total. The lowest BCUT2D eigenvalue weighted by atomic mass is 9.73. The number of cyclic esters (lactones) is 2. The molecule has 1 saturated carbocycles. The Hall–Kier alpha value is -7.66. The molecule has 0 radical (unpaired) electrons. The fraction of sp³-hybridized carbons (Fsp3) is 0.531. The highest BCUT2D eigenvalue weighted by Crippen LogP contribution is 2.41. The summed E-state index contributed by atoms with van der Waals surface area (Å²) in [5.74, 6) is -5.56. The summed E-state index contributed by atoms with van der Waals surface area (Å²) in [6.07, 6.45) is 9.73. The minimum absolute atomic E-state index is 0.0692. The Balaban J connectivity index is 1.03. The van der Waals surface area contributed by atoms with E-state index in [1.165, 1.54) is 16.9 Å². The molecule has 1 aliphatic carbocycles. The lowest BCUT2D eigenvalue weighted by Crippen LogP contribution is -2.61. The summed E-state index contributed by atoms with van der Waals surface area (Å²) in [7, 11) is 0. The fourth-order valence-electron chi connectivity index (χ4n) is 12.4. The zero-order valence-electron chi connectivity index (χ0n) is 50.1. The first-order valence-corrected chi connectivity index (χ1v) is 30.4. The van der Waals surface area contributed by atoms with Crippen molar-refractivity contribution in [2.45, 2.75) is 161 Å². The maximum Gasteiger partial charge on any atom is 0.321 e. The Kier molecular flexibility index (Phi) is 18.7. The second-order valence-electron chi connectivity index (χ2n) is 24.7. The molecule has 1 unspecified atom stereocenters. The van der Waals surface area contributed by atoms with E-state index in [2.05, 4.69) is 32.1 Å². The van der Waals surface area contributed by atoms with E-state index < -0.39 is 107 Å². The van der Waals surface area contributed by atoms with E-state index in [0.717, 1.165) is 24.6 Å². The number of hydrazine groups is 2. The van der Waals surface area contributed by atoms with Crippen molar-refractivity contribution in [3.8, 4) is 0 Å². The van der Waals surface area contributed by atoms with E-state index in [0.29, 0.717) is 89.6 Å². The van der Waals surface area contributed by atoms with Crippen LogP contribution in [0.15, 0.2) is 66.7 Å². The third-order valence-corrected chi connectivity index (χ3v) is 17.6. The highest BCUT2D eigenvalue weighted by molar-refractivity contribution is 5.94. The second-order valence-corrected chi connectivity index (χ2v) is 24.7. The predicted octanol–water partition coefficient (Wildman–Crippen LogP) is 5.49. The number of benzene rings is 2. The van der Waals surface area contributed by atoms with E-state index in [9.17, 15) is 28.8 Å². The highest BCUT2D eigenvalue weighted by Gasteiger charge is 2.46. The Labute approximate surface area is 500 Å². The number of carbonyl (C=O) groups is 8. The molecular formula is C64H80N10O12. The van der Waals surface area contributed by atoms with E-state index in [1.807, 2.05) is 80.6 Å². The normalized spacial score (nSPS) is 28.5. The van der Waals surface area contributed by atoms with Crippen molar-refractivity contribution in [3.05, 3.63) is 94.8 Å². The molecule has 22 nitrogen and oxygen atoms in total. The van der Waals surface area contributed by atoms with Crippen LogP contribution in [0.5, 0.6) is 0 Å². The molecule has 5 aliphatic heterocycles. The number of ether oxygens (including phenoxy) is 4. The first-order valence-electron chi connectivity index (χ1n) is 30.4. The smallest absolute Gasteiger partial charge is 0.321 e. The molecule has 3 saturated heterocycles. The maximum atomic E-state index is 15.1. The molecule has 9 atom stereocenters. The van der Waals surface area contributed by atoms with Crippen LogP contribution < -0.4 is 32.1 Å². The fourth-order valence-corrected chi connectivity index (χ4v) is 12.4. The standard InChI is InChI=1S/C64H80N10O12/c1-36(2)53-57(77)67-40(6)59(79)73-27-11-14-50(71-73)56(76)66-39(5)48-20-18-46-45(30-43(32-52(46)70-48)22-25-63(61(81)85-53)23-9-8-10-24-63)29-37(3)54-58(78)68-41(7)60(80)74-28-12-13-49(72-74)55(75)65-38(4)47-19-17-44-16-15-42(31-51(44)69-47)21-26-64(62(82)86-54)33-83-35-84-34-64/h15-22,25-26,30-32,36-41,49-50,53-54,71-72H,8-14,23-24,27-29,33-35H2,1-7H3,(H,65,75)(H,66,76)(H,67,77)(H,68,78)/b25-22+,26-21+/t37?,38-,39-,40+,41+,49+,50+,53-,54+/m1/s1. The number of hydrogen-bond donors (Lipinski definition) is 6. The largest absolute Gasteiger partial charge is 0.451 e. The van der Waals surface area contributed by atoms with Crippen LogP contribution in [0.25, 0.3) is 34.0 Å². The average molecular weight is 1180 g/mol. The van der Waals surface area contributed by atoms with Crippen LogP contribution in [0.2, 0.25) is 0 Å². The molecule has 4 aromatic rings. The summed E-state index contributed by atoms with van der Waals surface area (Å²) in [4.78, 5) is 125. The molecule has 2 aromatic heterocycles. The SMILES string of the molecule is CC(Cc1cc2cc3nc(ccc13)[C@@H](C)NC(=O)[C@@H]1CCCN(N1)C(=O)[C@H](C)NC(=O)[C@@H](C(C)C)OC(=O)C1(/C=C/2)CCCCC1)[C@@H]1OC(=O)C2(/C=C/c3ccc4ccc(nc4c3)[C@@H](C)NC(=O)[C@@H]3CCCN(N3)C(=O)[C@H](C)NC1=O)COCOC2. The number of aromatic nitrogens is 2. The molecule has 2 aromatic carbocycles. The third kappa shape index (κ3) is 13.5. The van der Waals surface area contributed by atoms with Gasteiger partial charge in [-0.15, -0.1) is 0 Å². The highest BCUT2D eigenvalue weighted by atomic mass is 16.7. The number of amides is 6. The molecule has 22 heteroatoms. The Morgan fingerprint density at radius 1 is 0.558 bits per heavy atom. The van der Waals surface area contributed by atoms with Gasteiger partial charge in [0.1, 0.15) is 36.4 Å². The number of pyridine rings is 2. The van der Waals surface area contributed by atoms with Crippen molar-refractivity contribution in [1.82, 2.24) is 52.1 Å². The van der Waals surface area contributed by atoms with Crippen molar-refractivity contribution >= 4 is 81.3 Å². The van der Waals surface area contributed by atoms with Gasteiger partial charge in [-0.2, -0.15) is 0 Å². The lowest BCUT2D eigenvalue weighted by molar-refractivity contribution is -0.192.